The number of aryl methyl sites for hydroxylation is 1. The topological polar surface area (TPSA) is 69.1 Å². The summed E-state index contributed by atoms with van der Waals surface area (Å²) in [7, 11) is 0. The van der Waals surface area contributed by atoms with Gasteiger partial charge in [0.05, 0.1) is 12.2 Å². The Hall–Kier alpha value is -1.67. The van der Waals surface area contributed by atoms with E-state index < -0.39 is 34.3 Å². The van der Waals surface area contributed by atoms with Gasteiger partial charge in [-0.05, 0) is 104 Å². The van der Waals surface area contributed by atoms with E-state index in [0.29, 0.717) is 48.3 Å². The van der Waals surface area contributed by atoms with Crippen LogP contribution in [0.1, 0.15) is 84.4 Å². The summed E-state index contributed by atoms with van der Waals surface area (Å²) in [5, 5.41) is 22.0. The third-order valence-electron chi connectivity index (χ3n) is 12.1. The standard InChI is InChI=1S/C30H40F4N2O2/c1-14(4-9-22-35-27-25(33)23(31)24(32)26(34)28(27)36-22)18-7-8-19-17-6-5-15-12-16(37)10-11-29(15,2)20(17)13-21(38)30(18,19)3/h14-21,37-38H,4-13H2,1-3H3,(H,35,36)/t14?,15-,16-,17+,18-,19+,20+,21+,29+,30-/m1/s1. The Morgan fingerprint density at radius 3 is 2.42 bits per heavy atom. The Balaban J connectivity index is 1.19. The van der Waals surface area contributed by atoms with E-state index in [0.717, 1.165) is 44.9 Å². The number of halogens is 4. The molecule has 2 aromatic rings. The lowest BCUT2D eigenvalue weighted by molar-refractivity contribution is -0.174. The highest BCUT2D eigenvalue weighted by molar-refractivity contribution is 5.76. The minimum absolute atomic E-state index is 0.182. The smallest absolute Gasteiger partial charge is 0.199 e. The summed E-state index contributed by atoms with van der Waals surface area (Å²) in [5.41, 5.74) is -0.940. The zero-order valence-corrected chi connectivity index (χ0v) is 22.5. The van der Waals surface area contributed by atoms with Crippen molar-refractivity contribution >= 4 is 11.0 Å². The number of rotatable bonds is 4. The molecular formula is C30H40F4N2O2. The summed E-state index contributed by atoms with van der Waals surface area (Å²) in [5.74, 6) is -3.63. The van der Waals surface area contributed by atoms with Crippen LogP contribution in [-0.4, -0.2) is 32.4 Å². The van der Waals surface area contributed by atoms with E-state index in [1.807, 2.05) is 0 Å². The largest absolute Gasteiger partial charge is 0.393 e. The number of aromatic amines is 1. The molecule has 0 amide bonds. The van der Waals surface area contributed by atoms with Gasteiger partial charge in [-0.15, -0.1) is 0 Å². The van der Waals surface area contributed by atoms with Gasteiger partial charge in [0.1, 0.15) is 16.9 Å². The van der Waals surface area contributed by atoms with Crippen LogP contribution >= 0.6 is 0 Å². The molecule has 6 rings (SSSR count). The molecule has 1 heterocycles. The lowest BCUT2D eigenvalue weighted by atomic mass is 9.43. The molecule has 10 atom stereocenters. The summed E-state index contributed by atoms with van der Waals surface area (Å²) in [6, 6.07) is 0. The monoisotopic (exact) mass is 536 g/mol. The third-order valence-corrected chi connectivity index (χ3v) is 12.1. The highest BCUT2D eigenvalue weighted by Gasteiger charge is 2.63. The maximum absolute atomic E-state index is 14.2. The molecule has 0 radical (unpaired) electrons. The summed E-state index contributed by atoms with van der Waals surface area (Å²) >= 11 is 0. The van der Waals surface area contributed by atoms with Gasteiger partial charge in [-0.1, -0.05) is 20.8 Å². The predicted molar refractivity (Wildman–Crippen MR) is 136 cm³/mol. The summed E-state index contributed by atoms with van der Waals surface area (Å²) in [6.45, 7) is 6.88. The van der Waals surface area contributed by atoms with Crippen molar-refractivity contribution in [2.45, 2.75) is 97.2 Å². The molecule has 3 N–H and O–H groups in total. The molecule has 1 aromatic heterocycles. The molecule has 4 saturated carbocycles. The van der Waals surface area contributed by atoms with Crippen LogP contribution in [0.25, 0.3) is 11.0 Å². The average Bonchev–Trinajstić information content (AvgIpc) is 3.48. The normalized spacial score (nSPS) is 41.6. The molecule has 1 aromatic carbocycles. The number of H-pyrrole nitrogens is 1. The van der Waals surface area contributed by atoms with Gasteiger partial charge in [-0.2, -0.15) is 0 Å². The highest BCUT2D eigenvalue weighted by Crippen LogP contribution is 2.68. The van der Waals surface area contributed by atoms with Crippen molar-refractivity contribution in [3.8, 4) is 0 Å². The minimum Gasteiger partial charge on any atom is -0.393 e. The number of aliphatic hydroxyl groups excluding tert-OH is 2. The lowest BCUT2D eigenvalue weighted by Crippen LogP contribution is -2.58. The van der Waals surface area contributed by atoms with Crippen molar-refractivity contribution in [2.75, 3.05) is 0 Å². The molecule has 0 bridgehead atoms. The van der Waals surface area contributed by atoms with Gasteiger partial charge < -0.3 is 15.2 Å². The van der Waals surface area contributed by atoms with Crippen LogP contribution in [0.3, 0.4) is 0 Å². The maximum atomic E-state index is 14.2. The van der Waals surface area contributed by atoms with Crippen LogP contribution in [0.4, 0.5) is 17.6 Å². The highest BCUT2D eigenvalue weighted by atomic mass is 19.2. The number of fused-ring (bicyclic) bond motifs is 6. The van der Waals surface area contributed by atoms with Crippen LogP contribution in [0.15, 0.2) is 0 Å². The van der Waals surface area contributed by atoms with Crippen LogP contribution in [0.2, 0.25) is 0 Å². The molecule has 4 aliphatic carbocycles. The SMILES string of the molecule is CC(CCc1nc2c(F)c(F)c(F)c(F)c2[nH]1)[C@H]1CC[C@H]2[C@@H]3CC[C@@H]4C[C@H](O)CC[C@]4(C)[C@H]3C[C@H](O)[C@]12C. The first-order chi connectivity index (χ1) is 18.0. The molecule has 8 heteroatoms. The Bertz CT molecular complexity index is 1190. The van der Waals surface area contributed by atoms with E-state index in [9.17, 15) is 27.8 Å². The number of nitrogens with zero attached hydrogens (tertiary/aromatic N) is 1. The predicted octanol–water partition coefficient (Wildman–Crippen LogP) is 6.68. The quantitative estimate of drug-likeness (QED) is 0.232. The Labute approximate surface area is 221 Å². The van der Waals surface area contributed by atoms with Crippen molar-refractivity contribution in [3.63, 3.8) is 0 Å². The number of hydrogen-bond donors (Lipinski definition) is 3. The van der Waals surface area contributed by atoms with Crippen LogP contribution in [0, 0.1) is 69.6 Å². The summed E-state index contributed by atoms with van der Waals surface area (Å²) in [6.07, 6.45) is 8.64. The molecule has 0 spiro atoms. The van der Waals surface area contributed by atoms with Gasteiger partial charge in [0, 0.05) is 6.42 Å². The van der Waals surface area contributed by atoms with Crippen LogP contribution < -0.4 is 0 Å². The van der Waals surface area contributed by atoms with Crippen LogP contribution in [0.5, 0.6) is 0 Å². The fraction of sp³-hybridized carbons (Fsp3) is 0.767. The van der Waals surface area contributed by atoms with E-state index in [-0.39, 0.29) is 29.0 Å². The second-order valence-electron chi connectivity index (χ2n) is 13.6. The molecule has 0 saturated heterocycles. The molecular weight excluding hydrogens is 496 g/mol. The number of aromatic nitrogens is 2. The molecule has 210 valence electrons. The van der Waals surface area contributed by atoms with Crippen molar-refractivity contribution in [2.24, 2.45) is 46.3 Å². The first kappa shape index (κ1) is 26.5. The molecule has 4 aliphatic rings. The Morgan fingerprint density at radius 2 is 1.66 bits per heavy atom. The number of hydrogen-bond acceptors (Lipinski definition) is 3. The third kappa shape index (κ3) is 3.71. The van der Waals surface area contributed by atoms with Gasteiger partial charge >= 0.3 is 0 Å². The average molecular weight is 537 g/mol. The summed E-state index contributed by atoms with van der Waals surface area (Å²) in [4.78, 5) is 6.71. The molecule has 38 heavy (non-hydrogen) atoms. The second kappa shape index (κ2) is 9.18. The number of nitrogens with one attached hydrogen (secondary N) is 1. The van der Waals surface area contributed by atoms with Gasteiger partial charge in [0.25, 0.3) is 0 Å². The van der Waals surface area contributed by atoms with Crippen molar-refractivity contribution in [3.05, 3.63) is 29.1 Å². The maximum Gasteiger partial charge on any atom is 0.199 e. The minimum atomic E-state index is -1.84. The molecule has 4 fully saturated rings. The summed E-state index contributed by atoms with van der Waals surface area (Å²) < 4.78 is 55.6. The zero-order valence-electron chi connectivity index (χ0n) is 22.5. The molecule has 1 unspecified atom stereocenters. The first-order valence-corrected chi connectivity index (χ1v) is 14.5. The number of benzene rings is 1. The second-order valence-corrected chi connectivity index (χ2v) is 13.6. The fourth-order valence-corrected chi connectivity index (χ4v) is 9.99. The zero-order chi connectivity index (χ0) is 27.1. The first-order valence-electron chi connectivity index (χ1n) is 14.5. The molecule has 4 nitrogen and oxygen atoms in total. The number of aliphatic hydroxyl groups is 2. The van der Waals surface area contributed by atoms with Crippen LogP contribution in [-0.2, 0) is 6.42 Å². The number of imidazole rings is 1. The van der Waals surface area contributed by atoms with Crippen molar-refractivity contribution in [1.29, 1.82) is 0 Å². The van der Waals surface area contributed by atoms with Gasteiger partial charge in [0.2, 0.25) is 0 Å². The molecule has 0 aliphatic heterocycles. The van der Waals surface area contributed by atoms with E-state index in [4.69, 9.17) is 0 Å². The van der Waals surface area contributed by atoms with E-state index in [1.165, 1.54) is 6.42 Å². The van der Waals surface area contributed by atoms with Gasteiger partial charge in [-0.3, -0.25) is 0 Å². The Kier molecular flexibility index (Phi) is 6.42. The van der Waals surface area contributed by atoms with Gasteiger partial charge in [-0.25, -0.2) is 22.5 Å². The van der Waals surface area contributed by atoms with E-state index in [2.05, 4.69) is 30.7 Å². The fourth-order valence-electron chi connectivity index (χ4n) is 9.99. The lowest BCUT2D eigenvalue weighted by Gasteiger charge is -2.62. The van der Waals surface area contributed by atoms with E-state index in [1.54, 1.807) is 0 Å². The van der Waals surface area contributed by atoms with Crippen molar-refractivity contribution < 1.29 is 27.8 Å². The van der Waals surface area contributed by atoms with Gasteiger partial charge in [0.15, 0.2) is 23.3 Å². The van der Waals surface area contributed by atoms with Crippen molar-refractivity contribution in [1.82, 2.24) is 9.97 Å². The van der Waals surface area contributed by atoms with E-state index >= 15 is 0 Å². The Morgan fingerprint density at radius 1 is 0.921 bits per heavy atom.